The molecule has 2 heterocycles. The van der Waals surface area contributed by atoms with Gasteiger partial charge < -0.3 is 9.80 Å². The Bertz CT molecular complexity index is 716. The maximum atomic E-state index is 2.65. The van der Waals surface area contributed by atoms with E-state index < -0.39 is 0 Å². The third kappa shape index (κ3) is 5.06. The summed E-state index contributed by atoms with van der Waals surface area (Å²) < 4.78 is 0. The predicted molar refractivity (Wildman–Crippen MR) is 120 cm³/mol. The fourth-order valence-corrected chi connectivity index (χ4v) is 4.44. The summed E-state index contributed by atoms with van der Waals surface area (Å²) in [4.78, 5) is 10.3. The highest BCUT2D eigenvalue weighted by atomic mass is 15.3. The predicted octanol–water partition coefficient (Wildman–Crippen LogP) is 3.33. The molecule has 4 rings (SSSR count). The Morgan fingerprint density at radius 3 is 1.71 bits per heavy atom. The van der Waals surface area contributed by atoms with Gasteiger partial charge in [0.05, 0.1) is 0 Å². The van der Waals surface area contributed by atoms with E-state index in [4.69, 9.17) is 0 Å². The van der Waals surface area contributed by atoms with Crippen LogP contribution >= 0.6 is 0 Å². The van der Waals surface area contributed by atoms with Crippen molar-refractivity contribution < 1.29 is 0 Å². The van der Waals surface area contributed by atoms with Crippen LogP contribution in [0.3, 0.4) is 0 Å². The smallest absolute Gasteiger partial charge is 0.0369 e. The van der Waals surface area contributed by atoms with Crippen molar-refractivity contribution in [2.75, 3.05) is 75.2 Å². The summed E-state index contributed by atoms with van der Waals surface area (Å²) in [5.74, 6) is 0. The van der Waals surface area contributed by atoms with Gasteiger partial charge in [0, 0.05) is 63.7 Å². The van der Waals surface area contributed by atoms with Gasteiger partial charge in [-0.1, -0.05) is 30.3 Å². The average molecular weight is 379 g/mol. The van der Waals surface area contributed by atoms with Crippen molar-refractivity contribution in [2.24, 2.45) is 0 Å². The minimum atomic E-state index is 1.15. The molecular formula is C24H34N4. The maximum Gasteiger partial charge on any atom is 0.0369 e. The molecule has 2 aliphatic heterocycles. The van der Waals surface area contributed by atoms with Crippen LogP contribution in [0.15, 0.2) is 54.6 Å². The molecule has 2 aromatic rings. The minimum Gasteiger partial charge on any atom is -0.369 e. The quantitative estimate of drug-likeness (QED) is 0.764. The van der Waals surface area contributed by atoms with Crippen LogP contribution in [0.25, 0.3) is 0 Å². The Labute approximate surface area is 170 Å². The lowest BCUT2D eigenvalue weighted by atomic mass is 10.2. The van der Waals surface area contributed by atoms with E-state index in [-0.39, 0.29) is 0 Å². The van der Waals surface area contributed by atoms with Crippen molar-refractivity contribution in [2.45, 2.75) is 13.3 Å². The van der Waals surface area contributed by atoms with Gasteiger partial charge in [-0.3, -0.25) is 9.80 Å². The minimum absolute atomic E-state index is 1.15. The van der Waals surface area contributed by atoms with Crippen LogP contribution in [0.4, 0.5) is 11.4 Å². The number of benzene rings is 2. The number of anilines is 2. The molecule has 0 unspecified atom stereocenters. The standard InChI is InChI=1S/C24H34N4/c1-22-7-5-10-24(21-22)28-19-15-26(16-20-28)12-6-11-25-13-17-27(18-14-25)23-8-3-2-4-9-23/h2-5,7-10,21H,6,11-20H2,1H3. The van der Waals surface area contributed by atoms with Gasteiger partial charge in [-0.25, -0.2) is 0 Å². The summed E-state index contributed by atoms with van der Waals surface area (Å²) in [5.41, 5.74) is 4.11. The first kappa shape index (κ1) is 19.3. The topological polar surface area (TPSA) is 13.0 Å². The Morgan fingerprint density at radius 2 is 1.14 bits per heavy atom. The Balaban J connectivity index is 1.13. The zero-order valence-electron chi connectivity index (χ0n) is 17.3. The van der Waals surface area contributed by atoms with E-state index in [1.54, 1.807) is 0 Å². The lowest BCUT2D eigenvalue weighted by molar-refractivity contribution is 0.213. The van der Waals surface area contributed by atoms with Crippen molar-refractivity contribution in [1.82, 2.24) is 9.80 Å². The normalized spacial score (nSPS) is 19.2. The van der Waals surface area contributed by atoms with Crippen LogP contribution in [0, 0.1) is 6.92 Å². The molecule has 0 bridgehead atoms. The Morgan fingerprint density at radius 1 is 0.607 bits per heavy atom. The molecule has 0 radical (unpaired) electrons. The van der Waals surface area contributed by atoms with Gasteiger partial charge in [-0.05, 0) is 56.3 Å². The van der Waals surface area contributed by atoms with Gasteiger partial charge in [-0.15, -0.1) is 0 Å². The second kappa shape index (κ2) is 9.44. The van der Waals surface area contributed by atoms with Gasteiger partial charge in [0.25, 0.3) is 0 Å². The monoisotopic (exact) mass is 378 g/mol. The molecule has 0 amide bonds. The van der Waals surface area contributed by atoms with Crippen molar-refractivity contribution in [3.63, 3.8) is 0 Å². The molecule has 2 aliphatic rings. The number of piperazine rings is 2. The second-order valence-corrected chi connectivity index (χ2v) is 8.19. The first-order valence-corrected chi connectivity index (χ1v) is 10.8. The average Bonchev–Trinajstić information content (AvgIpc) is 2.75. The molecule has 0 aliphatic carbocycles. The third-order valence-electron chi connectivity index (χ3n) is 6.18. The molecule has 4 nitrogen and oxygen atoms in total. The number of aryl methyl sites for hydroxylation is 1. The van der Waals surface area contributed by atoms with Gasteiger partial charge in [0.15, 0.2) is 0 Å². The molecule has 0 N–H and O–H groups in total. The maximum absolute atomic E-state index is 2.65. The third-order valence-corrected chi connectivity index (χ3v) is 6.18. The Hall–Kier alpha value is -2.04. The molecule has 0 atom stereocenters. The van der Waals surface area contributed by atoms with Crippen molar-refractivity contribution in [3.05, 3.63) is 60.2 Å². The fraction of sp³-hybridized carbons (Fsp3) is 0.500. The van der Waals surface area contributed by atoms with Crippen LogP contribution < -0.4 is 9.80 Å². The number of para-hydroxylation sites is 1. The summed E-state index contributed by atoms with van der Waals surface area (Å²) in [5, 5.41) is 0. The Kier molecular flexibility index (Phi) is 6.50. The van der Waals surface area contributed by atoms with Crippen LogP contribution in [0.1, 0.15) is 12.0 Å². The van der Waals surface area contributed by atoms with Gasteiger partial charge >= 0.3 is 0 Å². The van der Waals surface area contributed by atoms with Crippen molar-refractivity contribution in [1.29, 1.82) is 0 Å². The van der Waals surface area contributed by atoms with Crippen molar-refractivity contribution >= 4 is 11.4 Å². The molecule has 2 fully saturated rings. The number of hydrogen-bond donors (Lipinski definition) is 0. The highest BCUT2D eigenvalue weighted by Crippen LogP contribution is 2.18. The summed E-state index contributed by atoms with van der Waals surface area (Å²) >= 11 is 0. The summed E-state index contributed by atoms with van der Waals surface area (Å²) in [6.45, 7) is 14.0. The zero-order valence-corrected chi connectivity index (χ0v) is 17.3. The van der Waals surface area contributed by atoms with Crippen molar-refractivity contribution in [3.8, 4) is 0 Å². The van der Waals surface area contributed by atoms with Gasteiger partial charge in [-0.2, -0.15) is 0 Å². The number of nitrogens with zero attached hydrogens (tertiary/aromatic N) is 4. The number of rotatable bonds is 6. The number of hydrogen-bond acceptors (Lipinski definition) is 4. The molecule has 2 aromatic carbocycles. The van der Waals surface area contributed by atoms with Crippen LogP contribution in [-0.4, -0.2) is 75.2 Å². The second-order valence-electron chi connectivity index (χ2n) is 8.19. The van der Waals surface area contributed by atoms with E-state index >= 15 is 0 Å². The van der Waals surface area contributed by atoms with Crippen LogP contribution in [0.2, 0.25) is 0 Å². The highest BCUT2D eigenvalue weighted by Gasteiger charge is 2.19. The zero-order chi connectivity index (χ0) is 19.2. The van der Waals surface area contributed by atoms with E-state index in [1.807, 2.05) is 0 Å². The SMILES string of the molecule is Cc1cccc(N2CCN(CCCN3CCN(c4ccccc4)CC3)CC2)c1. The molecule has 150 valence electrons. The highest BCUT2D eigenvalue weighted by molar-refractivity contribution is 5.49. The van der Waals surface area contributed by atoms with E-state index in [9.17, 15) is 0 Å². The van der Waals surface area contributed by atoms with Gasteiger partial charge in [0.2, 0.25) is 0 Å². The molecule has 0 spiro atoms. The summed E-state index contributed by atoms with van der Waals surface area (Å²) in [6, 6.07) is 19.7. The molecule has 4 heteroatoms. The van der Waals surface area contributed by atoms with Crippen LogP contribution in [0.5, 0.6) is 0 Å². The first-order valence-electron chi connectivity index (χ1n) is 10.8. The largest absolute Gasteiger partial charge is 0.369 e. The van der Waals surface area contributed by atoms with Gasteiger partial charge in [0.1, 0.15) is 0 Å². The van der Waals surface area contributed by atoms with E-state index in [0.717, 1.165) is 26.2 Å². The molecular weight excluding hydrogens is 344 g/mol. The van der Waals surface area contributed by atoms with E-state index in [1.165, 1.54) is 62.6 Å². The lowest BCUT2D eigenvalue weighted by Crippen LogP contribution is -2.48. The molecule has 0 aromatic heterocycles. The lowest BCUT2D eigenvalue weighted by Gasteiger charge is -2.38. The summed E-state index contributed by atoms with van der Waals surface area (Å²) in [6.07, 6.45) is 1.29. The molecule has 28 heavy (non-hydrogen) atoms. The first-order chi connectivity index (χ1) is 13.8. The summed E-state index contributed by atoms with van der Waals surface area (Å²) in [7, 11) is 0. The fourth-order valence-electron chi connectivity index (χ4n) is 4.44. The van der Waals surface area contributed by atoms with E-state index in [2.05, 4.69) is 81.1 Å². The molecule has 0 saturated carbocycles. The van der Waals surface area contributed by atoms with Crippen LogP contribution in [-0.2, 0) is 0 Å². The van der Waals surface area contributed by atoms with E-state index in [0.29, 0.717) is 0 Å². The molecule has 2 saturated heterocycles.